The lowest BCUT2D eigenvalue weighted by molar-refractivity contribution is 0.112. The molecule has 1 heterocycles. The summed E-state index contributed by atoms with van der Waals surface area (Å²) in [5, 5.41) is 0.246. The molecule has 0 fully saturated rings. The Morgan fingerprint density at radius 2 is 1.94 bits per heavy atom. The van der Waals surface area contributed by atoms with Crippen LogP contribution in [0.1, 0.15) is 21.5 Å². The van der Waals surface area contributed by atoms with E-state index in [-0.39, 0.29) is 5.15 Å². The van der Waals surface area contributed by atoms with Crippen molar-refractivity contribution in [1.29, 1.82) is 0 Å². The van der Waals surface area contributed by atoms with Crippen LogP contribution in [0.5, 0.6) is 0 Å². The van der Waals surface area contributed by atoms with Crippen LogP contribution in [0.4, 0.5) is 0 Å². The smallest absolute Gasteiger partial charge is 0.153 e. The minimum Gasteiger partial charge on any atom is -0.298 e. The van der Waals surface area contributed by atoms with E-state index < -0.39 is 0 Å². The molecule has 17 heavy (non-hydrogen) atoms. The molecule has 0 atom stereocenters. The quantitative estimate of drug-likeness (QED) is 0.595. The number of aromatic nitrogens is 1. The molecule has 3 heteroatoms. The zero-order chi connectivity index (χ0) is 12.4. The molecule has 0 radical (unpaired) electrons. The van der Waals surface area contributed by atoms with E-state index in [4.69, 9.17) is 11.6 Å². The number of benzene rings is 1. The van der Waals surface area contributed by atoms with Gasteiger partial charge in [-0.3, -0.25) is 4.79 Å². The van der Waals surface area contributed by atoms with Crippen molar-refractivity contribution >= 4 is 17.9 Å². The minimum absolute atomic E-state index is 0.246. The first-order valence-electron chi connectivity index (χ1n) is 5.31. The van der Waals surface area contributed by atoms with Gasteiger partial charge >= 0.3 is 0 Å². The van der Waals surface area contributed by atoms with Gasteiger partial charge in [-0.25, -0.2) is 4.98 Å². The Morgan fingerprint density at radius 3 is 2.59 bits per heavy atom. The molecule has 1 aromatic heterocycles. The van der Waals surface area contributed by atoms with Gasteiger partial charge in [-0.05, 0) is 42.2 Å². The number of carbonyl (C=O) groups is 1. The second kappa shape index (κ2) is 4.68. The number of nitrogens with zero attached hydrogens (tertiary/aromatic N) is 1. The second-order valence-electron chi connectivity index (χ2n) is 3.98. The molecule has 0 N–H and O–H groups in total. The van der Waals surface area contributed by atoms with Crippen LogP contribution in [0.15, 0.2) is 30.5 Å². The van der Waals surface area contributed by atoms with E-state index in [1.165, 1.54) is 11.1 Å². The van der Waals surface area contributed by atoms with Crippen LogP contribution in [-0.2, 0) is 0 Å². The van der Waals surface area contributed by atoms with Crippen molar-refractivity contribution in [3.63, 3.8) is 0 Å². The summed E-state index contributed by atoms with van der Waals surface area (Å²) >= 11 is 5.91. The number of hydrogen-bond acceptors (Lipinski definition) is 2. The summed E-state index contributed by atoms with van der Waals surface area (Å²) in [7, 11) is 0. The molecule has 0 spiro atoms. The molecule has 0 aliphatic rings. The van der Waals surface area contributed by atoms with Gasteiger partial charge in [0.2, 0.25) is 0 Å². The summed E-state index contributed by atoms with van der Waals surface area (Å²) < 4.78 is 0. The van der Waals surface area contributed by atoms with E-state index in [0.717, 1.165) is 17.4 Å². The Hall–Kier alpha value is -1.67. The molecule has 0 aliphatic heterocycles. The standard InChI is InChI=1S/C14H12ClNO/c1-9-3-4-11(7-10(9)2)12-5-6-16-14(15)13(12)8-17/h3-8H,1-2H3. The molecule has 2 rings (SSSR count). The second-order valence-corrected chi connectivity index (χ2v) is 4.34. The van der Waals surface area contributed by atoms with Crippen molar-refractivity contribution in [3.05, 3.63) is 52.3 Å². The Morgan fingerprint density at radius 1 is 1.18 bits per heavy atom. The van der Waals surface area contributed by atoms with Gasteiger partial charge in [0.25, 0.3) is 0 Å². The number of rotatable bonds is 2. The van der Waals surface area contributed by atoms with Gasteiger partial charge in [-0.15, -0.1) is 0 Å². The SMILES string of the molecule is Cc1ccc(-c2ccnc(Cl)c2C=O)cc1C. The predicted molar refractivity (Wildman–Crippen MR) is 69.5 cm³/mol. The van der Waals surface area contributed by atoms with Crippen LogP contribution in [0.2, 0.25) is 5.15 Å². The monoisotopic (exact) mass is 245 g/mol. The van der Waals surface area contributed by atoms with E-state index in [2.05, 4.69) is 11.9 Å². The lowest BCUT2D eigenvalue weighted by atomic mass is 9.98. The molecule has 2 aromatic rings. The van der Waals surface area contributed by atoms with Crippen molar-refractivity contribution in [2.24, 2.45) is 0 Å². The van der Waals surface area contributed by atoms with E-state index in [0.29, 0.717) is 5.56 Å². The predicted octanol–water partition coefficient (Wildman–Crippen LogP) is 3.83. The number of hydrogen-bond donors (Lipinski definition) is 0. The molecule has 0 amide bonds. The highest BCUT2D eigenvalue weighted by atomic mass is 35.5. The Kier molecular flexibility index (Phi) is 3.25. The van der Waals surface area contributed by atoms with Gasteiger partial charge in [0.15, 0.2) is 6.29 Å². The first-order valence-corrected chi connectivity index (χ1v) is 5.68. The molecule has 0 saturated carbocycles. The summed E-state index contributed by atoms with van der Waals surface area (Å²) in [5.41, 5.74) is 4.66. The highest BCUT2D eigenvalue weighted by Gasteiger charge is 2.09. The molecule has 0 bridgehead atoms. The normalized spacial score (nSPS) is 10.3. The van der Waals surface area contributed by atoms with Gasteiger partial charge in [0.1, 0.15) is 5.15 Å². The fourth-order valence-corrected chi connectivity index (χ4v) is 1.92. The van der Waals surface area contributed by atoms with Crippen LogP contribution in [0.25, 0.3) is 11.1 Å². The van der Waals surface area contributed by atoms with E-state index in [1.807, 2.05) is 25.1 Å². The maximum atomic E-state index is 11.0. The summed E-state index contributed by atoms with van der Waals surface area (Å²) in [4.78, 5) is 15.0. The first-order chi connectivity index (χ1) is 8.13. The number of halogens is 1. The first kappa shape index (κ1) is 11.8. The summed E-state index contributed by atoms with van der Waals surface area (Å²) in [6.45, 7) is 4.10. The third kappa shape index (κ3) is 2.22. The molecular weight excluding hydrogens is 234 g/mol. The molecular formula is C14H12ClNO. The third-order valence-corrected chi connectivity index (χ3v) is 3.18. The average Bonchev–Trinajstić information content (AvgIpc) is 2.32. The van der Waals surface area contributed by atoms with E-state index in [9.17, 15) is 4.79 Å². The molecule has 0 unspecified atom stereocenters. The van der Waals surface area contributed by atoms with Crippen LogP contribution in [-0.4, -0.2) is 11.3 Å². The highest BCUT2D eigenvalue weighted by Crippen LogP contribution is 2.27. The lowest BCUT2D eigenvalue weighted by Crippen LogP contribution is -1.92. The Labute approximate surface area is 105 Å². The van der Waals surface area contributed by atoms with Gasteiger partial charge in [0, 0.05) is 6.20 Å². The fourth-order valence-electron chi connectivity index (χ4n) is 1.72. The number of pyridine rings is 1. The van der Waals surface area contributed by atoms with Crippen LogP contribution >= 0.6 is 11.6 Å². The van der Waals surface area contributed by atoms with Crippen molar-refractivity contribution in [2.45, 2.75) is 13.8 Å². The van der Waals surface area contributed by atoms with Gasteiger partial charge in [-0.1, -0.05) is 29.8 Å². The Balaban J connectivity index is 2.64. The fraction of sp³-hybridized carbons (Fsp3) is 0.143. The van der Waals surface area contributed by atoms with Crippen molar-refractivity contribution in [1.82, 2.24) is 4.98 Å². The molecule has 0 saturated heterocycles. The van der Waals surface area contributed by atoms with Crippen LogP contribution in [0, 0.1) is 13.8 Å². The maximum Gasteiger partial charge on any atom is 0.153 e. The Bertz CT molecular complexity index is 578. The maximum absolute atomic E-state index is 11.0. The van der Waals surface area contributed by atoms with Gasteiger partial charge in [0.05, 0.1) is 5.56 Å². The number of carbonyl (C=O) groups excluding carboxylic acids is 1. The van der Waals surface area contributed by atoms with Gasteiger partial charge in [-0.2, -0.15) is 0 Å². The molecule has 1 aromatic carbocycles. The molecule has 86 valence electrons. The molecule has 0 aliphatic carbocycles. The summed E-state index contributed by atoms with van der Waals surface area (Å²) in [6, 6.07) is 7.88. The zero-order valence-corrected chi connectivity index (χ0v) is 10.5. The number of aryl methyl sites for hydroxylation is 2. The number of aldehydes is 1. The third-order valence-electron chi connectivity index (χ3n) is 2.88. The van der Waals surface area contributed by atoms with E-state index >= 15 is 0 Å². The topological polar surface area (TPSA) is 30.0 Å². The van der Waals surface area contributed by atoms with Crippen molar-refractivity contribution in [2.75, 3.05) is 0 Å². The van der Waals surface area contributed by atoms with Crippen LogP contribution in [0.3, 0.4) is 0 Å². The average molecular weight is 246 g/mol. The summed E-state index contributed by atoms with van der Waals surface area (Å²) in [6.07, 6.45) is 2.36. The van der Waals surface area contributed by atoms with E-state index in [1.54, 1.807) is 12.3 Å². The van der Waals surface area contributed by atoms with Crippen molar-refractivity contribution in [3.8, 4) is 11.1 Å². The highest BCUT2D eigenvalue weighted by molar-refractivity contribution is 6.32. The molecule has 2 nitrogen and oxygen atoms in total. The zero-order valence-electron chi connectivity index (χ0n) is 9.70. The van der Waals surface area contributed by atoms with Crippen molar-refractivity contribution < 1.29 is 4.79 Å². The van der Waals surface area contributed by atoms with Gasteiger partial charge < -0.3 is 0 Å². The van der Waals surface area contributed by atoms with Crippen LogP contribution < -0.4 is 0 Å². The lowest BCUT2D eigenvalue weighted by Gasteiger charge is -2.08. The largest absolute Gasteiger partial charge is 0.298 e. The minimum atomic E-state index is 0.246. The summed E-state index contributed by atoms with van der Waals surface area (Å²) in [5.74, 6) is 0.